The molecule has 8 nitrogen and oxygen atoms in total. The number of ether oxygens (including phenoxy) is 1. The molecule has 1 N–H and O–H groups in total. The van der Waals surface area contributed by atoms with Crippen molar-refractivity contribution in [3.63, 3.8) is 0 Å². The van der Waals surface area contributed by atoms with E-state index < -0.39 is 22.6 Å². The van der Waals surface area contributed by atoms with Crippen molar-refractivity contribution >= 4 is 23.8 Å². The molecule has 0 saturated heterocycles. The number of esters is 1. The zero-order valence-corrected chi connectivity index (χ0v) is 15.3. The summed E-state index contributed by atoms with van der Waals surface area (Å²) < 4.78 is 18.7. The third kappa shape index (κ3) is 5.10. The predicted molar refractivity (Wildman–Crippen MR) is 106 cm³/mol. The molecule has 0 fully saturated rings. The molecule has 0 bridgehead atoms. The van der Waals surface area contributed by atoms with Crippen molar-refractivity contribution in [1.82, 2.24) is 5.43 Å². The Hall–Kier alpha value is -4.40. The van der Waals surface area contributed by atoms with Crippen molar-refractivity contribution in [2.75, 3.05) is 0 Å². The van der Waals surface area contributed by atoms with Crippen molar-refractivity contribution in [1.29, 1.82) is 0 Å². The van der Waals surface area contributed by atoms with Crippen LogP contribution in [-0.4, -0.2) is 23.0 Å². The normalized spacial score (nSPS) is 10.6. The maximum absolute atomic E-state index is 13.6. The molecule has 9 heteroatoms. The molecule has 0 heterocycles. The van der Waals surface area contributed by atoms with Gasteiger partial charge in [0.1, 0.15) is 11.6 Å². The van der Waals surface area contributed by atoms with Gasteiger partial charge in [-0.15, -0.1) is 0 Å². The van der Waals surface area contributed by atoms with E-state index in [-0.39, 0.29) is 22.6 Å². The molecule has 0 aliphatic rings. The highest BCUT2D eigenvalue weighted by Gasteiger charge is 2.13. The predicted octanol–water partition coefficient (Wildman–Crippen LogP) is 3.72. The highest BCUT2D eigenvalue weighted by atomic mass is 19.1. The molecule has 3 rings (SSSR count). The Morgan fingerprint density at radius 3 is 2.47 bits per heavy atom. The Morgan fingerprint density at radius 1 is 1.03 bits per heavy atom. The second-order valence-electron chi connectivity index (χ2n) is 5.94. The molecule has 0 aromatic heterocycles. The van der Waals surface area contributed by atoms with Gasteiger partial charge in [-0.05, 0) is 48.0 Å². The number of nitro benzene ring substituents is 1. The average Bonchev–Trinajstić information content (AvgIpc) is 2.75. The lowest BCUT2D eigenvalue weighted by molar-refractivity contribution is -0.384. The number of hydrogen-bond donors (Lipinski definition) is 1. The molecule has 0 atom stereocenters. The van der Waals surface area contributed by atoms with Gasteiger partial charge in [0.2, 0.25) is 0 Å². The molecular formula is C21H14FN3O5. The molecule has 1 amide bonds. The SMILES string of the molecule is O=C(NN=Cc1ccc(OC(=O)c2ccccc2F)cc1)c1cccc([N+](=O)[O-])c1. The zero-order valence-electron chi connectivity index (χ0n) is 15.3. The second kappa shape index (κ2) is 9.20. The first-order valence-electron chi connectivity index (χ1n) is 8.58. The fourth-order valence-corrected chi connectivity index (χ4v) is 2.40. The molecule has 0 aliphatic heterocycles. The van der Waals surface area contributed by atoms with Crippen LogP contribution < -0.4 is 10.2 Å². The maximum atomic E-state index is 13.6. The van der Waals surface area contributed by atoms with Crippen LogP contribution >= 0.6 is 0 Å². The maximum Gasteiger partial charge on any atom is 0.346 e. The van der Waals surface area contributed by atoms with Crippen LogP contribution in [0.4, 0.5) is 10.1 Å². The van der Waals surface area contributed by atoms with Crippen molar-refractivity contribution in [3.05, 3.63) is 105 Å². The van der Waals surface area contributed by atoms with Gasteiger partial charge in [0.25, 0.3) is 11.6 Å². The summed E-state index contributed by atoms with van der Waals surface area (Å²) in [6.07, 6.45) is 1.34. The van der Waals surface area contributed by atoms with Gasteiger partial charge in [0.15, 0.2) is 0 Å². The van der Waals surface area contributed by atoms with Gasteiger partial charge in [-0.25, -0.2) is 14.6 Å². The number of hydrogen-bond acceptors (Lipinski definition) is 6. The van der Waals surface area contributed by atoms with Crippen LogP contribution in [0.3, 0.4) is 0 Å². The number of carbonyl (C=O) groups excluding carboxylic acids is 2. The van der Waals surface area contributed by atoms with E-state index in [1.165, 1.54) is 54.7 Å². The Balaban J connectivity index is 1.59. The largest absolute Gasteiger partial charge is 0.423 e. The Labute approximate surface area is 169 Å². The summed E-state index contributed by atoms with van der Waals surface area (Å²) in [5.74, 6) is -1.89. The van der Waals surface area contributed by atoms with Gasteiger partial charge in [-0.2, -0.15) is 5.10 Å². The molecule has 150 valence electrons. The molecule has 3 aromatic carbocycles. The third-order valence-corrected chi connectivity index (χ3v) is 3.88. The average molecular weight is 407 g/mol. The van der Waals surface area contributed by atoms with Crippen LogP contribution in [0.1, 0.15) is 26.3 Å². The van der Waals surface area contributed by atoms with Crippen LogP contribution in [0.25, 0.3) is 0 Å². The summed E-state index contributed by atoms with van der Waals surface area (Å²) in [5, 5.41) is 14.6. The van der Waals surface area contributed by atoms with E-state index in [9.17, 15) is 24.1 Å². The van der Waals surface area contributed by atoms with Gasteiger partial charge < -0.3 is 4.74 Å². The first kappa shape index (κ1) is 20.3. The van der Waals surface area contributed by atoms with Gasteiger partial charge in [-0.1, -0.05) is 18.2 Å². The molecule has 0 saturated carbocycles. The van der Waals surface area contributed by atoms with Crippen molar-refractivity contribution < 1.29 is 23.6 Å². The summed E-state index contributed by atoms with van der Waals surface area (Å²) in [6.45, 7) is 0. The summed E-state index contributed by atoms with van der Waals surface area (Å²) in [4.78, 5) is 34.2. The number of halogens is 1. The standard InChI is InChI=1S/C21H14FN3O5/c22-19-7-2-1-6-18(19)21(27)30-17-10-8-14(9-11-17)13-23-24-20(26)15-4-3-5-16(12-15)25(28)29/h1-13H,(H,24,26). The van der Waals surface area contributed by atoms with Gasteiger partial charge in [0.05, 0.1) is 16.7 Å². The molecule has 0 unspecified atom stereocenters. The first-order chi connectivity index (χ1) is 14.4. The lowest BCUT2D eigenvalue weighted by Crippen LogP contribution is -2.17. The Kier molecular flexibility index (Phi) is 6.23. The minimum Gasteiger partial charge on any atom is -0.423 e. The number of nitrogens with one attached hydrogen (secondary N) is 1. The number of rotatable bonds is 6. The smallest absolute Gasteiger partial charge is 0.346 e. The topological polar surface area (TPSA) is 111 Å². The molecule has 0 radical (unpaired) electrons. The minimum absolute atomic E-state index is 0.0942. The van der Waals surface area contributed by atoms with E-state index in [0.717, 1.165) is 12.1 Å². The quantitative estimate of drug-likeness (QED) is 0.220. The van der Waals surface area contributed by atoms with E-state index in [1.807, 2.05) is 0 Å². The van der Waals surface area contributed by atoms with E-state index in [1.54, 1.807) is 12.1 Å². The number of benzene rings is 3. The number of nitro groups is 1. The van der Waals surface area contributed by atoms with Crippen LogP contribution in [0.5, 0.6) is 5.75 Å². The molecule has 0 aliphatic carbocycles. The van der Waals surface area contributed by atoms with Gasteiger partial charge in [0, 0.05) is 17.7 Å². The van der Waals surface area contributed by atoms with Crippen LogP contribution in [0, 0.1) is 15.9 Å². The molecule has 30 heavy (non-hydrogen) atoms. The number of carbonyl (C=O) groups is 2. The number of nitrogens with zero attached hydrogens (tertiary/aromatic N) is 2. The van der Waals surface area contributed by atoms with E-state index in [4.69, 9.17) is 4.74 Å². The number of amides is 1. The molecule has 0 spiro atoms. The highest BCUT2D eigenvalue weighted by Crippen LogP contribution is 2.15. The first-order valence-corrected chi connectivity index (χ1v) is 8.58. The monoisotopic (exact) mass is 407 g/mol. The number of hydrazone groups is 1. The van der Waals surface area contributed by atoms with Gasteiger partial charge >= 0.3 is 5.97 Å². The molecule has 3 aromatic rings. The van der Waals surface area contributed by atoms with Crippen LogP contribution in [0.2, 0.25) is 0 Å². The van der Waals surface area contributed by atoms with Crippen LogP contribution in [0.15, 0.2) is 77.9 Å². The second-order valence-corrected chi connectivity index (χ2v) is 5.94. The van der Waals surface area contributed by atoms with Gasteiger partial charge in [-0.3, -0.25) is 14.9 Å². The highest BCUT2D eigenvalue weighted by molar-refractivity contribution is 5.95. The summed E-state index contributed by atoms with van der Waals surface area (Å²) in [6, 6.07) is 16.9. The van der Waals surface area contributed by atoms with Crippen LogP contribution in [-0.2, 0) is 0 Å². The fourth-order valence-electron chi connectivity index (χ4n) is 2.40. The van der Waals surface area contributed by atoms with Crippen molar-refractivity contribution in [2.24, 2.45) is 5.10 Å². The third-order valence-electron chi connectivity index (χ3n) is 3.88. The van der Waals surface area contributed by atoms with E-state index in [2.05, 4.69) is 10.5 Å². The number of non-ortho nitro benzene ring substituents is 1. The van der Waals surface area contributed by atoms with E-state index >= 15 is 0 Å². The minimum atomic E-state index is -0.821. The van der Waals surface area contributed by atoms with Crippen molar-refractivity contribution in [2.45, 2.75) is 0 Å². The molecular weight excluding hydrogens is 393 g/mol. The summed E-state index contributed by atoms with van der Waals surface area (Å²) in [5.41, 5.74) is 2.57. The Morgan fingerprint density at radius 2 is 1.77 bits per heavy atom. The van der Waals surface area contributed by atoms with Crippen molar-refractivity contribution in [3.8, 4) is 5.75 Å². The lowest BCUT2D eigenvalue weighted by atomic mass is 10.2. The van der Waals surface area contributed by atoms with E-state index in [0.29, 0.717) is 5.56 Å². The summed E-state index contributed by atoms with van der Waals surface area (Å²) >= 11 is 0. The zero-order chi connectivity index (χ0) is 21.5. The summed E-state index contributed by atoms with van der Waals surface area (Å²) in [7, 11) is 0. The Bertz CT molecular complexity index is 1130. The lowest BCUT2D eigenvalue weighted by Gasteiger charge is -2.05. The fraction of sp³-hybridized carbons (Fsp3) is 0.